The van der Waals surface area contributed by atoms with Crippen molar-refractivity contribution in [3.05, 3.63) is 83.6 Å². The molecule has 1 atom stereocenters. The molecule has 3 heterocycles. The van der Waals surface area contributed by atoms with Crippen molar-refractivity contribution in [2.24, 2.45) is 0 Å². The lowest BCUT2D eigenvalue weighted by Crippen LogP contribution is -2.33. The van der Waals surface area contributed by atoms with Crippen molar-refractivity contribution >= 4 is 0 Å². The number of ether oxygens (including phenoxy) is 1. The topological polar surface area (TPSA) is 50.5 Å². The predicted octanol–water partition coefficient (Wildman–Crippen LogP) is 4.49. The molecule has 1 aliphatic heterocycles. The molecule has 5 nitrogen and oxygen atoms in total. The molecule has 5 heteroatoms. The average Bonchev–Trinajstić information content (AvgIpc) is 3.43. The normalized spacial score (nSPS) is 15.5. The summed E-state index contributed by atoms with van der Waals surface area (Å²) >= 11 is 0. The van der Waals surface area contributed by atoms with Crippen molar-refractivity contribution < 1.29 is 9.15 Å². The summed E-state index contributed by atoms with van der Waals surface area (Å²) in [5.74, 6) is 2.92. The third kappa shape index (κ3) is 5.25. The lowest BCUT2D eigenvalue weighted by atomic mass is 10.1. The summed E-state index contributed by atoms with van der Waals surface area (Å²) in [6.45, 7) is 6.35. The van der Waals surface area contributed by atoms with Crippen LogP contribution in [0.3, 0.4) is 0 Å². The van der Waals surface area contributed by atoms with E-state index in [0.29, 0.717) is 6.61 Å². The van der Waals surface area contributed by atoms with Crippen LogP contribution >= 0.6 is 0 Å². The second-order valence-corrected chi connectivity index (χ2v) is 7.56. The Morgan fingerprint density at radius 3 is 2.66 bits per heavy atom. The third-order valence-corrected chi connectivity index (χ3v) is 5.40. The second kappa shape index (κ2) is 9.72. The minimum Gasteiger partial charge on any atom is -0.487 e. The molecule has 0 spiro atoms. The number of likely N-dealkylation sites (tertiary alicyclic amines) is 1. The highest BCUT2D eigenvalue weighted by Gasteiger charge is 2.25. The van der Waals surface area contributed by atoms with Crippen molar-refractivity contribution in [2.75, 3.05) is 19.6 Å². The summed E-state index contributed by atoms with van der Waals surface area (Å²) in [4.78, 5) is 6.85. The van der Waals surface area contributed by atoms with E-state index in [1.807, 2.05) is 37.3 Å². The summed E-state index contributed by atoms with van der Waals surface area (Å²) in [5, 5.41) is 3.63. The maximum absolute atomic E-state index is 6.04. The number of benzene rings is 1. The first-order valence-electron chi connectivity index (χ1n) is 10.4. The number of nitrogens with one attached hydrogen (secondary N) is 1. The van der Waals surface area contributed by atoms with Crippen LogP contribution in [0.15, 0.2) is 65.2 Å². The quantitative estimate of drug-likeness (QED) is 0.582. The van der Waals surface area contributed by atoms with Crippen molar-refractivity contribution in [3.8, 4) is 5.75 Å². The zero-order valence-electron chi connectivity index (χ0n) is 17.0. The first-order valence-corrected chi connectivity index (χ1v) is 10.4. The fourth-order valence-corrected chi connectivity index (χ4v) is 3.86. The summed E-state index contributed by atoms with van der Waals surface area (Å²) < 4.78 is 12.0. The molecule has 29 heavy (non-hydrogen) atoms. The predicted molar refractivity (Wildman–Crippen MR) is 114 cm³/mol. The molecule has 0 radical (unpaired) electrons. The number of aryl methyl sites for hydroxylation is 1. The molecule has 1 fully saturated rings. The lowest BCUT2D eigenvalue weighted by molar-refractivity contribution is 0.207. The van der Waals surface area contributed by atoms with E-state index in [1.54, 1.807) is 6.20 Å². The van der Waals surface area contributed by atoms with Gasteiger partial charge in [-0.1, -0.05) is 24.3 Å². The van der Waals surface area contributed by atoms with Crippen LogP contribution in [-0.4, -0.2) is 29.5 Å². The molecule has 1 aromatic carbocycles. The molecule has 3 aromatic rings. The molecule has 1 N–H and O–H groups in total. The number of aromatic nitrogens is 1. The van der Waals surface area contributed by atoms with Crippen LogP contribution in [0.1, 0.15) is 41.7 Å². The van der Waals surface area contributed by atoms with Crippen LogP contribution in [0.5, 0.6) is 5.75 Å². The highest BCUT2D eigenvalue weighted by molar-refractivity contribution is 5.33. The van der Waals surface area contributed by atoms with Gasteiger partial charge in [-0.2, -0.15) is 0 Å². The molecule has 1 aliphatic rings. The van der Waals surface area contributed by atoms with Crippen molar-refractivity contribution in [1.29, 1.82) is 0 Å². The third-order valence-electron chi connectivity index (χ3n) is 5.40. The number of para-hydroxylation sites is 1. The molecule has 2 aromatic heterocycles. The van der Waals surface area contributed by atoms with Gasteiger partial charge in [0, 0.05) is 24.8 Å². The minimum absolute atomic E-state index is 0.271. The average molecular weight is 392 g/mol. The van der Waals surface area contributed by atoms with E-state index >= 15 is 0 Å². The van der Waals surface area contributed by atoms with Gasteiger partial charge in [-0.25, -0.2) is 0 Å². The van der Waals surface area contributed by atoms with Gasteiger partial charge in [0.1, 0.15) is 23.9 Å². The Labute approximate surface area is 172 Å². The van der Waals surface area contributed by atoms with Crippen LogP contribution in [0, 0.1) is 6.92 Å². The minimum atomic E-state index is 0.271. The monoisotopic (exact) mass is 391 g/mol. The highest BCUT2D eigenvalue weighted by Crippen LogP contribution is 2.26. The maximum Gasteiger partial charge on any atom is 0.130 e. The van der Waals surface area contributed by atoms with Gasteiger partial charge in [-0.3, -0.25) is 9.88 Å². The maximum atomic E-state index is 6.04. The fourth-order valence-electron chi connectivity index (χ4n) is 3.86. The largest absolute Gasteiger partial charge is 0.487 e. The van der Waals surface area contributed by atoms with Crippen LogP contribution in [-0.2, 0) is 13.2 Å². The molecular weight excluding hydrogens is 362 g/mol. The molecule has 0 bridgehead atoms. The van der Waals surface area contributed by atoms with E-state index in [-0.39, 0.29) is 6.04 Å². The van der Waals surface area contributed by atoms with Gasteiger partial charge in [-0.05, 0) is 63.2 Å². The molecule has 152 valence electrons. The first-order chi connectivity index (χ1) is 14.3. The Morgan fingerprint density at radius 1 is 1.07 bits per heavy atom. The lowest BCUT2D eigenvalue weighted by Gasteiger charge is -2.26. The summed E-state index contributed by atoms with van der Waals surface area (Å²) in [6.07, 6.45) is 4.32. The van der Waals surface area contributed by atoms with E-state index in [4.69, 9.17) is 9.15 Å². The molecule has 0 amide bonds. The van der Waals surface area contributed by atoms with Crippen molar-refractivity contribution in [3.63, 3.8) is 0 Å². The van der Waals surface area contributed by atoms with Crippen molar-refractivity contribution in [1.82, 2.24) is 15.2 Å². The van der Waals surface area contributed by atoms with Gasteiger partial charge in [0.25, 0.3) is 0 Å². The molecule has 4 rings (SSSR count). The Balaban J connectivity index is 1.37. The number of hydrogen-bond donors (Lipinski definition) is 1. The summed E-state index contributed by atoms with van der Waals surface area (Å²) in [7, 11) is 0. The van der Waals surface area contributed by atoms with Gasteiger partial charge < -0.3 is 14.5 Å². The Kier molecular flexibility index (Phi) is 6.60. The number of nitrogens with zero attached hydrogens (tertiary/aromatic N) is 2. The Hall–Kier alpha value is -2.63. The van der Waals surface area contributed by atoms with Gasteiger partial charge in [0.2, 0.25) is 0 Å². The van der Waals surface area contributed by atoms with Crippen molar-refractivity contribution in [2.45, 2.75) is 39.0 Å². The number of furan rings is 1. The Bertz CT molecular complexity index is 888. The Morgan fingerprint density at radius 2 is 1.90 bits per heavy atom. The number of rotatable bonds is 9. The van der Waals surface area contributed by atoms with Crippen LogP contribution in [0.2, 0.25) is 0 Å². The summed E-state index contributed by atoms with van der Waals surface area (Å²) in [5.41, 5.74) is 2.08. The zero-order valence-corrected chi connectivity index (χ0v) is 17.0. The van der Waals surface area contributed by atoms with Crippen LogP contribution < -0.4 is 10.1 Å². The summed E-state index contributed by atoms with van der Waals surface area (Å²) in [6, 6.07) is 18.5. The molecular formula is C24H29N3O2. The SMILES string of the molecule is Cc1ccc(C(CNCc2ccccc2OCc2ccccn2)N2CCCC2)o1. The van der Waals surface area contributed by atoms with E-state index < -0.39 is 0 Å². The first kappa shape index (κ1) is 19.7. The highest BCUT2D eigenvalue weighted by atomic mass is 16.5. The smallest absolute Gasteiger partial charge is 0.130 e. The van der Waals surface area contributed by atoms with E-state index in [1.165, 1.54) is 12.8 Å². The molecule has 1 saturated heterocycles. The number of pyridine rings is 1. The zero-order chi connectivity index (χ0) is 19.9. The fraction of sp³-hybridized carbons (Fsp3) is 0.375. The van der Waals surface area contributed by atoms with Crippen LogP contribution in [0.25, 0.3) is 0 Å². The second-order valence-electron chi connectivity index (χ2n) is 7.56. The van der Waals surface area contributed by atoms with E-state index in [0.717, 1.165) is 54.7 Å². The molecule has 0 saturated carbocycles. The van der Waals surface area contributed by atoms with Gasteiger partial charge in [0.15, 0.2) is 0 Å². The standard InChI is InChI=1S/C24H29N3O2/c1-19-11-12-24(29-19)22(27-14-6-7-15-27)17-25-16-20-8-2-3-10-23(20)28-18-21-9-4-5-13-26-21/h2-5,8-13,22,25H,6-7,14-18H2,1H3. The van der Waals surface area contributed by atoms with E-state index in [9.17, 15) is 0 Å². The molecule has 1 unspecified atom stereocenters. The van der Waals surface area contributed by atoms with Gasteiger partial charge in [-0.15, -0.1) is 0 Å². The molecule has 0 aliphatic carbocycles. The van der Waals surface area contributed by atoms with Gasteiger partial charge in [0.05, 0.1) is 11.7 Å². The van der Waals surface area contributed by atoms with Gasteiger partial charge >= 0.3 is 0 Å². The number of hydrogen-bond acceptors (Lipinski definition) is 5. The van der Waals surface area contributed by atoms with Crippen LogP contribution in [0.4, 0.5) is 0 Å². The van der Waals surface area contributed by atoms with E-state index in [2.05, 4.69) is 39.5 Å².